The number of nitrogens with one attached hydrogen (secondary N) is 3. The molecule has 0 aliphatic carbocycles. The topological polar surface area (TPSA) is 87.6 Å². The van der Waals surface area contributed by atoms with Gasteiger partial charge in [0.1, 0.15) is 5.60 Å². The molecule has 1 heterocycles. The molecule has 0 aromatic carbocycles. The van der Waals surface area contributed by atoms with Gasteiger partial charge in [0.15, 0.2) is 5.96 Å². The fraction of sp³-hybridized carbons (Fsp3) is 0.588. The molecule has 1 aromatic rings. The number of carbonyl (C=O) groups is 1. The maximum Gasteiger partial charge on any atom is 0.407 e. The van der Waals surface area contributed by atoms with Crippen molar-refractivity contribution < 1.29 is 9.53 Å². The smallest absolute Gasteiger partial charge is 0.407 e. The summed E-state index contributed by atoms with van der Waals surface area (Å²) in [7, 11) is 0. The standard InChI is InChI=1S/C17H29N5O2.HI/c1-5-18-15(22-13-14-9-6-7-10-19-14)20-11-8-12-21-16(23)24-17(2,3)4;/h6-7,9-10H,5,8,11-13H2,1-4H3,(H,21,23)(H2,18,20,22);1H. The third-order valence-electron chi connectivity index (χ3n) is 2.78. The summed E-state index contributed by atoms with van der Waals surface area (Å²) >= 11 is 0. The van der Waals surface area contributed by atoms with Crippen molar-refractivity contribution in [3.63, 3.8) is 0 Å². The van der Waals surface area contributed by atoms with Crippen LogP contribution in [-0.4, -0.2) is 42.3 Å². The first kappa shape index (κ1) is 23.4. The van der Waals surface area contributed by atoms with Gasteiger partial charge < -0.3 is 20.7 Å². The minimum absolute atomic E-state index is 0. The summed E-state index contributed by atoms with van der Waals surface area (Å²) < 4.78 is 5.18. The second kappa shape index (κ2) is 12.7. The van der Waals surface area contributed by atoms with E-state index in [1.165, 1.54) is 0 Å². The molecular formula is C17H30IN5O2. The fourth-order valence-corrected chi connectivity index (χ4v) is 1.79. The lowest BCUT2D eigenvalue weighted by atomic mass is 10.2. The minimum Gasteiger partial charge on any atom is -0.444 e. The summed E-state index contributed by atoms with van der Waals surface area (Å²) in [6.07, 6.45) is 2.14. The van der Waals surface area contributed by atoms with E-state index in [-0.39, 0.29) is 24.0 Å². The minimum atomic E-state index is -0.474. The third kappa shape index (κ3) is 12.4. The molecular weight excluding hydrogens is 433 g/mol. The molecule has 1 amide bonds. The van der Waals surface area contributed by atoms with E-state index < -0.39 is 11.7 Å². The van der Waals surface area contributed by atoms with Gasteiger partial charge in [-0.2, -0.15) is 0 Å². The normalized spacial score (nSPS) is 11.3. The van der Waals surface area contributed by atoms with Gasteiger partial charge in [0.2, 0.25) is 0 Å². The summed E-state index contributed by atoms with van der Waals surface area (Å²) in [4.78, 5) is 20.3. The van der Waals surface area contributed by atoms with Crippen LogP contribution in [0.5, 0.6) is 0 Å². The number of guanidine groups is 1. The van der Waals surface area contributed by atoms with Gasteiger partial charge in [-0.25, -0.2) is 9.79 Å². The van der Waals surface area contributed by atoms with Gasteiger partial charge in [0.25, 0.3) is 0 Å². The predicted molar refractivity (Wildman–Crippen MR) is 111 cm³/mol. The maximum atomic E-state index is 11.5. The van der Waals surface area contributed by atoms with E-state index in [0.717, 1.165) is 24.6 Å². The van der Waals surface area contributed by atoms with Crippen LogP contribution in [0.2, 0.25) is 0 Å². The molecule has 0 fully saturated rings. The first-order valence-electron chi connectivity index (χ1n) is 8.29. The Labute approximate surface area is 167 Å². The van der Waals surface area contributed by atoms with Crippen LogP contribution in [-0.2, 0) is 11.3 Å². The zero-order valence-corrected chi connectivity index (χ0v) is 17.8. The average Bonchev–Trinajstić information content (AvgIpc) is 2.51. The first-order chi connectivity index (χ1) is 11.4. The van der Waals surface area contributed by atoms with Gasteiger partial charge in [-0.05, 0) is 46.2 Å². The fourth-order valence-electron chi connectivity index (χ4n) is 1.79. The van der Waals surface area contributed by atoms with Crippen LogP contribution in [0.25, 0.3) is 0 Å². The Morgan fingerprint density at radius 3 is 2.52 bits per heavy atom. The molecule has 3 N–H and O–H groups in total. The summed E-state index contributed by atoms with van der Waals surface area (Å²) in [6, 6.07) is 5.77. The van der Waals surface area contributed by atoms with E-state index in [4.69, 9.17) is 4.74 Å². The Morgan fingerprint density at radius 1 is 1.20 bits per heavy atom. The number of ether oxygens (including phenoxy) is 1. The Hall–Kier alpha value is -1.58. The van der Waals surface area contributed by atoms with Crippen LogP contribution in [0.1, 0.15) is 39.8 Å². The molecule has 0 unspecified atom stereocenters. The van der Waals surface area contributed by atoms with E-state index >= 15 is 0 Å². The van der Waals surface area contributed by atoms with Crippen LogP contribution in [0.15, 0.2) is 29.4 Å². The van der Waals surface area contributed by atoms with Gasteiger partial charge in [-0.3, -0.25) is 4.98 Å². The van der Waals surface area contributed by atoms with Crippen molar-refractivity contribution in [2.75, 3.05) is 19.6 Å². The molecule has 0 spiro atoms. The molecule has 0 atom stereocenters. The van der Waals surface area contributed by atoms with Crippen molar-refractivity contribution in [2.24, 2.45) is 4.99 Å². The highest BCUT2D eigenvalue weighted by Crippen LogP contribution is 2.06. The highest BCUT2D eigenvalue weighted by Gasteiger charge is 2.15. The molecule has 0 aliphatic rings. The molecule has 25 heavy (non-hydrogen) atoms. The number of hydrogen-bond donors (Lipinski definition) is 3. The van der Waals surface area contributed by atoms with Crippen molar-refractivity contribution in [1.29, 1.82) is 0 Å². The van der Waals surface area contributed by atoms with Crippen LogP contribution in [0.3, 0.4) is 0 Å². The molecule has 7 nitrogen and oxygen atoms in total. The molecule has 1 rings (SSSR count). The number of rotatable bonds is 7. The molecule has 0 aliphatic heterocycles. The zero-order chi connectivity index (χ0) is 17.8. The van der Waals surface area contributed by atoms with Gasteiger partial charge in [0, 0.05) is 25.8 Å². The van der Waals surface area contributed by atoms with Crippen molar-refractivity contribution in [1.82, 2.24) is 20.9 Å². The van der Waals surface area contributed by atoms with E-state index in [0.29, 0.717) is 19.6 Å². The number of carbonyl (C=O) groups excluding carboxylic acids is 1. The van der Waals surface area contributed by atoms with Crippen LogP contribution < -0.4 is 16.0 Å². The van der Waals surface area contributed by atoms with Crippen molar-refractivity contribution in [2.45, 2.75) is 46.3 Å². The number of hydrogen-bond acceptors (Lipinski definition) is 4. The van der Waals surface area contributed by atoms with Crippen molar-refractivity contribution >= 4 is 36.0 Å². The summed E-state index contributed by atoms with van der Waals surface area (Å²) in [5.74, 6) is 0.737. The molecule has 0 saturated carbocycles. The van der Waals surface area contributed by atoms with Crippen LogP contribution in [0.4, 0.5) is 4.79 Å². The number of aliphatic imine (C=N–C) groups is 1. The van der Waals surface area contributed by atoms with E-state index in [1.54, 1.807) is 6.20 Å². The van der Waals surface area contributed by atoms with Gasteiger partial charge in [-0.15, -0.1) is 24.0 Å². The van der Waals surface area contributed by atoms with Crippen LogP contribution >= 0.6 is 24.0 Å². The number of pyridine rings is 1. The second-order valence-corrected chi connectivity index (χ2v) is 6.23. The number of halogens is 1. The Bertz CT molecular complexity index is 518. The third-order valence-corrected chi connectivity index (χ3v) is 2.78. The van der Waals surface area contributed by atoms with Gasteiger partial charge >= 0.3 is 6.09 Å². The van der Waals surface area contributed by atoms with Gasteiger partial charge in [-0.1, -0.05) is 6.07 Å². The Kier molecular flexibility index (Phi) is 11.9. The molecule has 142 valence electrons. The Morgan fingerprint density at radius 2 is 1.92 bits per heavy atom. The molecule has 8 heteroatoms. The molecule has 1 aromatic heterocycles. The van der Waals surface area contributed by atoms with E-state index in [1.807, 2.05) is 45.9 Å². The highest BCUT2D eigenvalue weighted by atomic mass is 127. The number of nitrogens with zero attached hydrogens (tertiary/aromatic N) is 2. The zero-order valence-electron chi connectivity index (χ0n) is 15.5. The molecule has 0 bridgehead atoms. The van der Waals surface area contributed by atoms with Crippen molar-refractivity contribution in [3.8, 4) is 0 Å². The molecule has 0 saturated heterocycles. The lowest BCUT2D eigenvalue weighted by molar-refractivity contribution is 0.0527. The monoisotopic (exact) mass is 463 g/mol. The summed E-state index contributed by atoms with van der Waals surface area (Å²) in [5.41, 5.74) is 0.444. The predicted octanol–water partition coefficient (Wildman–Crippen LogP) is 2.67. The number of amides is 1. The quantitative estimate of drug-likeness (QED) is 0.251. The first-order valence-corrected chi connectivity index (χ1v) is 8.29. The summed E-state index contributed by atoms with van der Waals surface area (Å²) in [6.45, 7) is 10.1. The number of aromatic nitrogens is 1. The van der Waals surface area contributed by atoms with E-state index in [2.05, 4.69) is 25.9 Å². The lowest BCUT2D eigenvalue weighted by Gasteiger charge is -2.19. The summed E-state index contributed by atoms with van der Waals surface area (Å²) in [5, 5.41) is 9.15. The Balaban J connectivity index is 0.00000576. The van der Waals surface area contributed by atoms with E-state index in [9.17, 15) is 4.79 Å². The van der Waals surface area contributed by atoms with Crippen LogP contribution in [0, 0.1) is 0 Å². The van der Waals surface area contributed by atoms with Gasteiger partial charge in [0.05, 0.1) is 12.2 Å². The SMILES string of the molecule is CCNC(=NCc1ccccn1)NCCCNC(=O)OC(C)(C)C.I. The average molecular weight is 463 g/mol. The largest absolute Gasteiger partial charge is 0.444 e. The maximum absolute atomic E-state index is 11.5. The number of alkyl carbamates (subject to hydrolysis) is 1. The van der Waals surface area contributed by atoms with Crippen molar-refractivity contribution in [3.05, 3.63) is 30.1 Å². The molecule has 0 radical (unpaired) electrons. The lowest BCUT2D eigenvalue weighted by Crippen LogP contribution is -2.39. The second-order valence-electron chi connectivity index (χ2n) is 6.23. The highest BCUT2D eigenvalue weighted by molar-refractivity contribution is 14.0.